The lowest BCUT2D eigenvalue weighted by Gasteiger charge is -2.01. The number of hydrogen-bond acceptors (Lipinski definition) is 3. The zero-order valence-electron chi connectivity index (χ0n) is 9.72. The average molecular weight is 225 g/mol. The van der Waals surface area contributed by atoms with Gasteiger partial charge in [0.2, 0.25) is 0 Å². The highest BCUT2D eigenvalue weighted by atomic mass is 14.7. The Kier molecular flexibility index (Phi) is 3.10. The van der Waals surface area contributed by atoms with Crippen molar-refractivity contribution in [1.82, 2.24) is 0 Å². The van der Waals surface area contributed by atoms with Gasteiger partial charge in [-0.2, -0.15) is 0 Å². The molecule has 0 saturated carbocycles. The maximum Gasteiger partial charge on any atom is 0.0660 e. The van der Waals surface area contributed by atoms with Crippen LogP contribution >= 0.6 is 0 Å². The van der Waals surface area contributed by atoms with Gasteiger partial charge in [0.05, 0.1) is 5.69 Å². The molecular formula is C14H15N3. The van der Waals surface area contributed by atoms with Crippen molar-refractivity contribution < 1.29 is 0 Å². The van der Waals surface area contributed by atoms with Gasteiger partial charge in [-0.05, 0) is 48.4 Å². The van der Waals surface area contributed by atoms with Gasteiger partial charge in [-0.15, -0.1) is 0 Å². The SMILES string of the molecule is Cc1cc(N)ccc1N=Cc1ccc(N)cc1. The summed E-state index contributed by atoms with van der Waals surface area (Å²) in [4.78, 5) is 4.43. The summed E-state index contributed by atoms with van der Waals surface area (Å²) in [6.45, 7) is 1.99. The molecule has 0 aliphatic rings. The van der Waals surface area contributed by atoms with Crippen LogP contribution in [-0.2, 0) is 0 Å². The van der Waals surface area contributed by atoms with Crippen molar-refractivity contribution in [3.63, 3.8) is 0 Å². The Labute approximate surface area is 101 Å². The number of nitrogens with two attached hydrogens (primary N) is 2. The van der Waals surface area contributed by atoms with Gasteiger partial charge in [0, 0.05) is 17.6 Å². The molecule has 2 aromatic rings. The predicted molar refractivity (Wildman–Crippen MR) is 73.7 cm³/mol. The lowest BCUT2D eigenvalue weighted by Crippen LogP contribution is -1.87. The van der Waals surface area contributed by atoms with Crippen molar-refractivity contribution in [2.45, 2.75) is 6.92 Å². The number of aryl methyl sites for hydroxylation is 1. The van der Waals surface area contributed by atoms with Crippen LogP contribution in [0.15, 0.2) is 47.5 Å². The Hall–Kier alpha value is -2.29. The molecule has 2 rings (SSSR count). The smallest absolute Gasteiger partial charge is 0.0660 e. The minimum absolute atomic E-state index is 0.755. The molecule has 0 amide bonds. The van der Waals surface area contributed by atoms with Crippen molar-refractivity contribution >= 4 is 23.3 Å². The Morgan fingerprint density at radius 1 is 0.941 bits per heavy atom. The summed E-state index contributed by atoms with van der Waals surface area (Å²) in [5, 5.41) is 0. The topological polar surface area (TPSA) is 64.4 Å². The molecule has 0 fully saturated rings. The number of rotatable bonds is 2. The molecule has 3 heteroatoms. The Balaban J connectivity index is 2.23. The van der Waals surface area contributed by atoms with E-state index >= 15 is 0 Å². The molecule has 0 heterocycles. The molecule has 86 valence electrons. The van der Waals surface area contributed by atoms with Gasteiger partial charge in [0.25, 0.3) is 0 Å². The second-order valence-electron chi connectivity index (χ2n) is 3.97. The van der Waals surface area contributed by atoms with E-state index in [4.69, 9.17) is 11.5 Å². The molecule has 0 spiro atoms. The van der Waals surface area contributed by atoms with Gasteiger partial charge in [0.15, 0.2) is 0 Å². The summed E-state index contributed by atoms with van der Waals surface area (Å²) in [5.41, 5.74) is 15.8. The summed E-state index contributed by atoms with van der Waals surface area (Å²) in [7, 11) is 0. The Morgan fingerprint density at radius 3 is 2.24 bits per heavy atom. The third-order valence-electron chi connectivity index (χ3n) is 2.51. The Morgan fingerprint density at radius 2 is 1.59 bits per heavy atom. The number of anilines is 2. The lowest BCUT2D eigenvalue weighted by molar-refractivity contribution is 1.40. The van der Waals surface area contributed by atoms with Gasteiger partial charge in [0.1, 0.15) is 0 Å². The second kappa shape index (κ2) is 4.70. The summed E-state index contributed by atoms with van der Waals surface area (Å²) in [5.74, 6) is 0. The highest BCUT2D eigenvalue weighted by molar-refractivity contribution is 5.83. The van der Waals surface area contributed by atoms with Crippen LogP contribution in [0, 0.1) is 6.92 Å². The summed E-state index contributed by atoms with van der Waals surface area (Å²) >= 11 is 0. The van der Waals surface area contributed by atoms with Gasteiger partial charge in [-0.3, -0.25) is 4.99 Å². The minimum atomic E-state index is 0.755. The minimum Gasteiger partial charge on any atom is -0.399 e. The van der Waals surface area contributed by atoms with Crippen LogP contribution in [0.1, 0.15) is 11.1 Å². The predicted octanol–water partition coefficient (Wildman–Crippen LogP) is 2.91. The molecule has 0 unspecified atom stereocenters. The fourth-order valence-electron chi connectivity index (χ4n) is 1.55. The van der Waals surface area contributed by atoms with E-state index in [1.807, 2.05) is 55.6 Å². The molecule has 0 radical (unpaired) electrons. The van der Waals surface area contributed by atoms with Gasteiger partial charge < -0.3 is 11.5 Å². The maximum atomic E-state index is 5.69. The molecule has 0 aliphatic carbocycles. The molecule has 0 atom stereocenters. The molecule has 0 aromatic heterocycles. The summed E-state index contributed by atoms with van der Waals surface area (Å²) < 4.78 is 0. The fourth-order valence-corrected chi connectivity index (χ4v) is 1.55. The number of aliphatic imine (C=N–C) groups is 1. The number of benzene rings is 2. The lowest BCUT2D eigenvalue weighted by atomic mass is 10.2. The largest absolute Gasteiger partial charge is 0.399 e. The van der Waals surface area contributed by atoms with Crippen LogP contribution < -0.4 is 11.5 Å². The van der Waals surface area contributed by atoms with Crippen LogP contribution in [0.25, 0.3) is 0 Å². The van der Waals surface area contributed by atoms with Crippen molar-refractivity contribution in [2.24, 2.45) is 4.99 Å². The van der Waals surface area contributed by atoms with E-state index in [1.54, 1.807) is 0 Å². The van der Waals surface area contributed by atoms with Gasteiger partial charge in [-0.1, -0.05) is 12.1 Å². The van der Waals surface area contributed by atoms with Crippen molar-refractivity contribution in [3.8, 4) is 0 Å². The van der Waals surface area contributed by atoms with Crippen LogP contribution in [0.2, 0.25) is 0 Å². The highest BCUT2D eigenvalue weighted by Gasteiger charge is 1.95. The zero-order valence-corrected chi connectivity index (χ0v) is 9.72. The number of nitrogen functional groups attached to an aromatic ring is 2. The molecule has 0 saturated heterocycles. The highest BCUT2D eigenvalue weighted by Crippen LogP contribution is 2.20. The van der Waals surface area contributed by atoms with E-state index < -0.39 is 0 Å². The van der Waals surface area contributed by atoms with Crippen LogP contribution in [0.5, 0.6) is 0 Å². The van der Waals surface area contributed by atoms with E-state index in [0.717, 1.165) is 28.2 Å². The summed E-state index contributed by atoms with van der Waals surface area (Å²) in [6.07, 6.45) is 1.82. The first-order valence-corrected chi connectivity index (χ1v) is 5.41. The van der Waals surface area contributed by atoms with Crippen molar-refractivity contribution in [2.75, 3.05) is 11.5 Å². The number of hydrogen-bond donors (Lipinski definition) is 2. The molecule has 17 heavy (non-hydrogen) atoms. The van der Waals surface area contributed by atoms with Crippen molar-refractivity contribution in [1.29, 1.82) is 0 Å². The first-order valence-electron chi connectivity index (χ1n) is 5.41. The molecule has 4 N–H and O–H groups in total. The van der Waals surface area contributed by atoms with Gasteiger partial charge in [-0.25, -0.2) is 0 Å². The van der Waals surface area contributed by atoms with Gasteiger partial charge >= 0.3 is 0 Å². The van der Waals surface area contributed by atoms with Crippen molar-refractivity contribution in [3.05, 3.63) is 53.6 Å². The molecule has 3 nitrogen and oxygen atoms in total. The Bertz CT molecular complexity index is 542. The maximum absolute atomic E-state index is 5.69. The van der Waals surface area contributed by atoms with E-state index in [2.05, 4.69) is 4.99 Å². The molecule has 0 bridgehead atoms. The third kappa shape index (κ3) is 2.84. The van der Waals surface area contributed by atoms with Crippen LogP contribution in [0.4, 0.5) is 17.1 Å². The van der Waals surface area contributed by atoms with E-state index in [1.165, 1.54) is 0 Å². The van der Waals surface area contributed by atoms with Crippen LogP contribution in [-0.4, -0.2) is 6.21 Å². The standard InChI is InChI=1S/C14H15N3/c1-10-8-13(16)6-7-14(10)17-9-11-2-4-12(15)5-3-11/h2-9H,15-16H2,1H3. The van der Waals surface area contributed by atoms with E-state index in [-0.39, 0.29) is 0 Å². The normalized spacial score (nSPS) is 10.9. The number of nitrogens with zero attached hydrogens (tertiary/aromatic N) is 1. The summed E-state index contributed by atoms with van der Waals surface area (Å²) in [6, 6.07) is 13.3. The average Bonchev–Trinajstić information content (AvgIpc) is 2.30. The van der Waals surface area contributed by atoms with Crippen LogP contribution in [0.3, 0.4) is 0 Å². The monoisotopic (exact) mass is 225 g/mol. The quantitative estimate of drug-likeness (QED) is 0.609. The molecule has 2 aromatic carbocycles. The zero-order chi connectivity index (χ0) is 12.3. The van der Waals surface area contributed by atoms with E-state index in [9.17, 15) is 0 Å². The van der Waals surface area contributed by atoms with E-state index in [0.29, 0.717) is 0 Å². The molecule has 0 aliphatic heterocycles. The fraction of sp³-hybridized carbons (Fsp3) is 0.0714. The first-order chi connectivity index (χ1) is 8.15. The second-order valence-corrected chi connectivity index (χ2v) is 3.97. The third-order valence-corrected chi connectivity index (χ3v) is 2.51. The first kappa shape index (κ1) is 11.2. The molecular weight excluding hydrogens is 210 g/mol.